The molecule has 3 aromatic carbocycles. The van der Waals surface area contributed by atoms with Gasteiger partial charge in [-0.2, -0.15) is 0 Å². The predicted octanol–water partition coefficient (Wildman–Crippen LogP) is 5.22. The summed E-state index contributed by atoms with van der Waals surface area (Å²) in [7, 11) is 1.62. The normalized spacial score (nSPS) is 13.7. The number of aromatic nitrogens is 2. The third kappa shape index (κ3) is 5.32. The summed E-state index contributed by atoms with van der Waals surface area (Å²) in [5.74, 6) is 1.11. The second-order valence-corrected chi connectivity index (χ2v) is 9.55. The van der Waals surface area contributed by atoms with Crippen LogP contribution in [0.2, 0.25) is 0 Å². The molecule has 0 unspecified atom stereocenters. The molecular weight excluding hydrogens is 478 g/mol. The Labute approximate surface area is 222 Å². The monoisotopic (exact) mass is 509 g/mol. The van der Waals surface area contributed by atoms with Crippen LogP contribution >= 0.6 is 0 Å². The number of carbonyl (C=O) groups is 1. The van der Waals surface area contributed by atoms with E-state index >= 15 is 0 Å². The molecule has 1 aliphatic heterocycles. The summed E-state index contributed by atoms with van der Waals surface area (Å²) >= 11 is 0. The highest BCUT2D eigenvalue weighted by molar-refractivity contribution is 5.84. The van der Waals surface area contributed by atoms with Gasteiger partial charge < -0.3 is 19.5 Å². The second kappa shape index (κ2) is 10.9. The molecule has 1 amide bonds. The number of nitrogens with zero attached hydrogens (tertiary/aromatic N) is 3. The number of hydrogen-bond acceptors (Lipinski definition) is 6. The van der Waals surface area contributed by atoms with E-state index in [1.165, 1.54) is 0 Å². The maximum atomic E-state index is 14.1. The quantitative estimate of drug-likeness (QED) is 0.384. The fraction of sp³-hybridized carbons (Fsp3) is 0.258. The van der Waals surface area contributed by atoms with Gasteiger partial charge in [0, 0.05) is 23.9 Å². The number of methoxy groups -OCH3 is 1. The first kappa shape index (κ1) is 25.3. The SMILES string of the molecule is COc1cc(-c2nc(C)cnc2C)cc2c1OCCN(C(=O)[C@@H](Cc1ccc(O)cc1)c1ccccc1)C2. The lowest BCUT2D eigenvalue weighted by Gasteiger charge is -2.26. The number of rotatable bonds is 6. The molecule has 1 atom stereocenters. The van der Waals surface area contributed by atoms with Crippen molar-refractivity contribution < 1.29 is 19.4 Å². The summed E-state index contributed by atoms with van der Waals surface area (Å²) in [5, 5.41) is 9.72. The molecule has 0 aliphatic carbocycles. The zero-order valence-corrected chi connectivity index (χ0v) is 21.8. The van der Waals surface area contributed by atoms with E-state index in [9.17, 15) is 9.90 Å². The first-order chi connectivity index (χ1) is 18.4. The molecule has 0 radical (unpaired) electrons. The van der Waals surface area contributed by atoms with Gasteiger partial charge in [-0.1, -0.05) is 42.5 Å². The van der Waals surface area contributed by atoms with E-state index in [0.29, 0.717) is 37.6 Å². The lowest BCUT2D eigenvalue weighted by atomic mass is 9.90. The standard InChI is InChI=1S/C31H31N3O4/c1-20-18-32-21(2)29(33-20)24-16-25-19-34(13-14-38-30(25)28(17-24)37-3)31(36)27(23-7-5-4-6-8-23)15-22-9-11-26(35)12-10-22/h4-12,16-18,27,35H,13-15,19H2,1-3H3/t27-/m0/s1. The van der Waals surface area contributed by atoms with Gasteiger partial charge in [0.25, 0.3) is 0 Å². The van der Waals surface area contributed by atoms with Gasteiger partial charge in [-0.05, 0) is 55.7 Å². The largest absolute Gasteiger partial charge is 0.508 e. The van der Waals surface area contributed by atoms with Gasteiger partial charge in [0.05, 0.1) is 36.7 Å². The summed E-state index contributed by atoms with van der Waals surface area (Å²) in [6, 6.07) is 20.8. The van der Waals surface area contributed by atoms with Gasteiger partial charge >= 0.3 is 0 Å². The molecule has 38 heavy (non-hydrogen) atoms. The first-order valence-corrected chi connectivity index (χ1v) is 12.7. The van der Waals surface area contributed by atoms with Crippen molar-refractivity contribution in [2.75, 3.05) is 20.3 Å². The van der Waals surface area contributed by atoms with Crippen molar-refractivity contribution in [3.63, 3.8) is 0 Å². The van der Waals surface area contributed by atoms with Crippen molar-refractivity contribution in [1.29, 1.82) is 0 Å². The van der Waals surface area contributed by atoms with E-state index < -0.39 is 0 Å². The smallest absolute Gasteiger partial charge is 0.230 e. The van der Waals surface area contributed by atoms with Crippen molar-refractivity contribution in [3.8, 4) is 28.5 Å². The minimum atomic E-state index is -0.378. The molecule has 0 bridgehead atoms. The van der Waals surface area contributed by atoms with E-state index in [0.717, 1.165) is 39.3 Å². The Morgan fingerprint density at radius 3 is 2.61 bits per heavy atom. The predicted molar refractivity (Wildman–Crippen MR) is 145 cm³/mol. The summed E-state index contributed by atoms with van der Waals surface area (Å²) in [5.41, 5.74) is 6.09. The molecule has 1 N–H and O–H groups in total. The second-order valence-electron chi connectivity index (χ2n) is 9.55. The number of ether oxygens (including phenoxy) is 2. The minimum absolute atomic E-state index is 0.0247. The fourth-order valence-corrected chi connectivity index (χ4v) is 4.89. The van der Waals surface area contributed by atoms with Crippen LogP contribution in [0.15, 0.2) is 72.9 Å². The van der Waals surface area contributed by atoms with Crippen LogP contribution in [-0.4, -0.2) is 46.1 Å². The Kier molecular flexibility index (Phi) is 7.26. The topological polar surface area (TPSA) is 84.8 Å². The van der Waals surface area contributed by atoms with Crippen molar-refractivity contribution in [2.24, 2.45) is 0 Å². The number of hydrogen-bond donors (Lipinski definition) is 1. The summed E-state index contributed by atoms with van der Waals surface area (Å²) in [6.07, 6.45) is 2.27. The van der Waals surface area contributed by atoms with Crippen molar-refractivity contribution >= 4 is 5.91 Å². The Balaban J connectivity index is 1.50. The van der Waals surface area contributed by atoms with Crippen LogP contribution in [0, 0.1) is 13.8 Å². The molecule has 4 aromatic rings. The average Bonchev–Trinajstić information content (AvgIpc) is 3.16. The van der Waals surface area contributed by atoms with Crippen LogP contribution in [-0.2, 0) is 17.8 Å². The summed E-state index contributed by atoms with van der Waals surface area (Å²) < 4.78 is 11.8. The molecule has 0 spiro atoms. The Morgan fingerprint density at radius 1 is 1.11 bits per heavy atom. The zero-order valence-electron chi connectivity index (χ0n) is 21.8. The number of benzene rings is 3. The van der Waals surface area contributed by atoms with Crippen LogP contribution in [0.5, 0.6) is 17.2 Å². The van der Waals surface area contributed by atoms with Gasteiger partial charge in [0.1, 0.15) is 12.4 Å². The van der Waals surface area contributed by atoms with E-state index in [1.54, 1.807) is 25.4 Å². The number of aryl methyl sites for hydroxylation is 2. The lowest BCUT2D eigenvalue weighted by Crippen LogP contribution is -2.37. The number of phenols is 1. The third-order valence-corrected chi connectivity index (χ3v) is 6.86. The average molecular weight is 510 g/mol. The van der Waals surface area contributed by atoms with Gasteiger partial charge in [-0.15, -0.1) is 0 Å². The van der Waals surface area contributed by atoms with Crippen LogP contribution < -0.4 is 9.47 Å². The molecular formula is C31H31N3O4. The van der Waals surface area contributed by atoms with Crippen LogP contribution in [0.1, 0.15) is 34.0 Å². The Hall–Kier alpha value is -4.39. The molecule has 7 nitrogen and oxygen atoms in total. The van der Waals surface area contributed by atoms with Gasteiger partial charge in [0.15, 0.2) is 11.5 Å². The fourth-order valence-electron chi connectivity index (χ4n) is 4.89. The van der Waals surface area contributed by atoms with Crippen molar-refractivity contribution in [1.82, 2.24) is 14.9 Å². The van der Waals surface area contributed by atoms with Crippen LogP contribution in [0.25, 0.3) is 11.3 Å². The van der Waals surface area contributed by atoms with Crippen molar-refractivity contribution in [2.45, 2.75) is 32.7 Å². The summed E-state index contributed by atoms with van der Waals surface area (Å²) in [4.78, 5) is 25.2. The van der Waals surface area contributed by atoms with E-state index in [1.807, 2.05) is 73.3 Å². The van der Waals surface area contributed by atoms with Gasteiger partial charge in [-0.3, -0.25) is 9.78 Å². The number of fused-ring (bicyclic) bond motifs is 1. The highest BCUT2D eigenvalue weighted by atomic mass is 16.5. The lowest BCUT2D eigenvalue weighted by molar-refractivity contribution is -0.133. The number of phenolic OH excluding ortho intramolecular Hbond substituents is 1. The van der Waals surface area contributed by atoms with Crippen LogP contribution in [0.3, 0.4) is 0 Å². The van der Waals surface area contributed by atoms with Crippen molar-refractivity contribution in [3.05, 3.63) is 101 Å². The van der Waals surface area contributed by atoms with Gasteiger partial charge in [0.2, 0.25) is 5.91 Å². The maximum absolute atomic E-state index is 14.1. The summed E-state index contributed by atoms with van der Waals surface area (Å²) in [6.45, 7) is 5.04. The molecule has 5 rings (SSSR count). The molecule has 1 aromatic heterocycles. The zero-order chi connectivity index (χ0) is 26.6. The highest BCUT2D eigenvalue weighted by Gasteiger charge is 2.30. The molecule has 7 heteroatoms. The number of amides is 1. The molecule has 2 heterocycles. The molecule has 0 saturated heterocycles. The van der Waals surface area contributed by atoms with E-state index in [4.69, 9.17) is 14.5 Å². The third-order valence-electron chi connectivity index (χ3n) is 6.86. The Bertz CT molecular complexity index is 1440. The number of aromatic hydroxyl groups is 1. The first-order valence-electron chi connectivity index (χ1n) is 12.7. The molecule has 0 fully saturated rings. The number of carbonyl (C=O) groups excluding carboxylic acids is 1. The highest BCUT2D eigenvalue weighted by Crippen LogP contribution is 2.39. The minimum Gasteiger partial charge on any atom is -0.508 e. The van der Waals surface area contributed by atoms with E-state index in [-0.39, 0.29) is 17.6 Å². The van der Waals surface area contributed by atoms with E-state index in [2.05, 4.69) is 4.98 Å². The molecule has 1 aliphatic rings. The van der Waals surface area contributed by atoms with Gasteiger partial charge in [-0.25, -0.2) is 4.98 Å². The Morgan fingerprint density at radius 2 is 1.87 bits per heavy atom. The molecule has 0 saturated carbocycles. The maximum Gasteiger partial charge on any atom is 0.230 e. The van der Waals surface area contributed by atoms with Crippen LogP contribution in [0.4, 0.5) is 0 Å². The molecule has 194 valence electrons.